The number of methoxy groups -OCH3 is 1. The zero-order chi connectivity index (χ0) is 27.6. The quantitative estimate of drug-likeness (QED) is 0.491. The number of nitrogens with zero attached hydrogens (tertiary/aromatic N) is 6. The van der Waals surface area contributed by atoms with E-state index in [2.05, 4.69) is 16.3 Å². The molecule has 206 valence electrons. The molecule has 0 bridgehead atoms. The number of nitrogens with one attached hydrogen (secondary N) is 1. The summed E-state index contributed by atoms with van der Waals surface area (Å²) >= 11 is 1.49. The average Bonchev–Trinajstić information content (AvgIpc) is 3.35. The Hall–Kier alpha value is -3.69. The minimum atomic E-state index is -0.560. The van der Waals surface area contributed by atoms with Gasteiger partial charge in [0.25, 0.3) is 0 Å². The summed E-state index contributed by atoms with van der Waals surface area (Å²) in [5, 5.41) is 13.6. The zero-order valence-corrected chi connectivity index (χ0v) is 23.5. The van der Waals surface area contributed by atoms with Crippen LogP contribution in [0.5, 0.6) is 5.88 Å². The van der Waals surface area contributed by atoms with Crippen LogP contribution in [0.25, 0.3) is 20.8 Å². The second-order valence-corrected chi connectivity index (χ2v) is 11.6. The molecule has 5 rings (SSSR count). The first kappa shape index (κ1) is 26.9. The van der Waals surface area contributed by atoms with Crippen molar-refractivity contribution in [2.75, 3.05) is 56.7 Å². The number of carbonyl (C=O) groups excluding carboxylic acids is 1. The van der Waals surface area contributed by atoms with E-state index in [-0.39, 0.29) is 12.1 Å². The molecule has 2 aliphatic heterocycles. The van der Waals surface area contributed by atoms with Crippen molar-refractivity contribution in [1.82, 2.24) is 19.9 Å². The Labute approximate surface area is 231 Å². The molecule has 1 unspecified atom stereocenters. The van der Waals surface area contributed by atoms with Crippen LogP contribution in [0, 0.1) is 11.3 Å². The van der Waals surface area contributed by atoms with E-state index in [9.17, 15) is 10.1 Å². The zero-order valence-electron chi connectivity index (χ0n) is 22.7. The van der Waals surface area contributed by atoms with Gasteiger partial charge in [0.05, 0.1) is 42.2 Å². The van der Waals surface area contributed by atoms with Gasteiger partial charge in [-0.1, -0.05) is 0 Å². The molecule has 0 radical (unpaired) electrons. The van der Waals surface area contributed by atoms with E-state index in [0.717, 1.165) is 23.1 Å². The van der Waals surface area contributed by atoms with Crippen LogP contribution in [0.3, 0.4) is 0 Å². The Morgan fingerprint density at radius 2 is 2.00 bits per heavy atom. The summed E-state index contributed by atoms with van der Waals surface area (Å²) < 4.78 is 17.9. The molecule has 3 aromatic rings. The highest BCUT2D eigenvalue weighted by atomic mass is 32.1. The largest absolute Gasteiger partial charge is 0.480 e. The van der Waals surface area contributed by atoms with Crippen molar-refractivity contribution in [3.63, 3.8) is 0 Å². The van der Waals surface area contributed by atoms with Crippen LogP contribution in [0.1, 0.15) is 39.2 Å². The molecule has 0 aliphatic carbocycles. The number of morpholine rings is 1. The fourth-order valence-electron chi connectivity index (χ4n) is 4.66. The third-order valence-electron chi connectivity index (χ3n) is 6.50. The number of thiazole rings is 1. The van der Waals surface area contributed by atoms with Gasteiger partial charge in [0, 0.05) is 32.2 Å². The van der Waals surface area contributed by atoms with Crippen molar-refractivity contribution in [2.24, 2.45) is 0 Å². The molecule has 39 heavy (non-hydrogen) atoms. The van der Waals surface area contributed by atoms with Crippen molar-refractivity contribution < 1.29 is 19.0 Å². The Morgan fingerprint density at radius 1 is 1.21 bits per heavy atom. The molecule has 0 spiro atoms. The van der Waals surface area contributed by atoms with E-state index in [1.807, 2.05) is 26.8 Å². The average molecular weight is 552 g/mol. The molecule has 1 atom stereocenters. The number of hydrogen-bond donors (Lipinski definition) is 1. The van der Waals surface area contributed by atoms with Gasteiger partial charge in [-0.15, -0.1) is 11.3 Å². The van der Waals surface area contributed by atoms with Gasteiger partial charge < -0.3 is 29.3 Å². The Bertz CT molecular complexity index is 1390. The molecule has 2 saturated heterocycles. The van der Waals surface area contributed by atoms with Gasteiger partial charge >= 0.3 is 6.09 Å². The smallest absolute Gasteiger partial charge is 0.410 e. The SMILES string of the molecule is COc1nc(N2CCOCC2)nc(NC2CCCN(C(=O)OC(C)(C)C)C2)c1-c1nc2cc(C#N)ccc2s1. The van der Waals surface area contributed by atoms with Crippen molar-refractivity contribution in [1.29, 1.82) is 5.26 Å². The summed E-state index contributed by atoms with van der Waals surface area (Å²) in [6.07, 6.45) is 1.38. The molecule has 1 amide bonds. The molecule has 11 nitrogen and oxygen atoms in total. The lowest BCUT2D eigenvalue weighted by Crippen LogP contribution is -2.47. The van der Waals surface area contributed by atoms with E-state index in [4.69, 9.17) is 29.2 Å². The van der Waals surface area contributed by atoms with Gasteiger partial charge in [0.15, 0.2) is 0 Å². The number of likely N-dealkylation sites (tertiary alicyclic amines) is 1. The highest BCUT2D eigenvalue weighted by Gasteiger charge is 2.30. The van der Waals surface area contributed by atoms with Crippen LogP contribution in [-0.4, -0.2) is 84.1 Å². The second kappa shape index (κ2) is 11.2. The van der Waals surface area contributed by atoms with Gasteiger partial charge in [0.2, 0.25) is 11.8 Å². The van der Waals surface area contributed by atoms with Gasteiger partial charge in [0.1, 0.15) is 22.0 Å². The third-order valence-corrected chi connectivity index (χ3v) is 7.55. The fourth-order valence-corrected chi connectivity index (χ4v) is 5.65. The maximum Gasteiger partial charge on any atom is 0.410 e. The van der Waals surface area contributed by atoms with Gasteiger partial charge in [-0.25, -0.2) is 9.78 Å². The predicted octanol–water partition coefficient (Wildman–Crippen LogP) is 4.28. The number of carbonyl (C=O) groups is 1. The number of rotatable bonds is 5. The number of fused-ring (bicyclic) bond motifs is 1. The summed E-state index contributed by atoms with van der Waals surface area (Å²) in [4.78, 5) is 31.2. The minimum absolute atomic E-state index is 0.0540. The van der Waals surface area contributed by atoms with E-state index >= 15 is 0 Å². The van der Waals surface area contributed by atoms with Crippen molar-refractivity contribution in [3.8, 4) is 22.5 Å². The molecular weight excluding hydrogens is 518 g/mol. The summed E-state index contributed by atoms with van der Waals surface area (Å²) in [5.41, 5.74) is 1.38. The molecule has 12 heteroatoms. The molecular formula is C27H33N7O4S. The normalized spacial score (nSPS) is 18.1. The number of anilines is 2. The lowest BCUT2D eigenvalue weighted by atomic mass is 10.1. The first-order chi connectivity index (χ1) is 18.7. The monoisotopic (exact) mass is 551 g/mol. The van der Waals surface area contributed by atoms with E-state index in [1.54, 1.807) is 24.1 Å². The van der Waals surface area contributed by atoms with Crippen LogP contribution in [0.2, 0.25) is 0 Å². The van der Waals surface area contributed by atoms with E-state index < -0.39 is 5.60 Å². The topological polar surface area (TPSA) is 126 Å². The highest BCUT2D eigenvalue weighted by Crippen LogP contribution is 2.41. The summed E-state index contributed by atoms with van der Waals surface area (Å²) in [6.45, 7) is 9.29. The van der Waals surface area contributed by atoms with Crippen LogP contribution in [0.4, 0.5) is 16.6 Å². The van der Waals surface area contributed by atoms with E-state index in [0.29, 0.717) is 73.2 Å². The number of piperidine rings is 1. The van der Waals surface area contributed by atoms with Crippen LogP contribution >= 0.6 is 11.3 Å². The second-order valence-electron chi connectivity index (χ2n) is 10.6. The Morgan fingerprint density at radius 3 is 2.72 bits per heavy atom. The fraction of sp³-hybridized carbons (Fsp3) is 0.519. The number of aromatic nitrogens is 3. The molecule has 2 fully saturated rings. The Balaban J connectivity index is 1.52. The first-order valence-corrected chi connectivity index (χ1v) is 13.9. The molecule has 2 aliphatic rings. The number of ether oxygens (including phenoxy) is 3. The minimum Gasteiger partial charge on any atom is -0.480 e. The summed E-state index contributed by atoms with van der Waals surface area (Å²) in [5.74, 6) is 1.56. The van der Waals surface area contributed by atoms with Crippen LogP contribution in [-0.2, 0) is 9.47 Å². The van der Waals surface area contributed by atoms with Gasteiger partial charge in [-0.05, 0) is 51.8 Å². The summed E-state index contributed by atoms with van der Waals surface area (Å²) in [6, 6.07) is 7.58. The molecule has 0 saturated carbocycles. The van der Waals surface area contributed by atoms with Crippen molar-refractivity contribution in [3.05, 3.63) is 23.8 Å². The molecule has 2 aromatic heterocycles. The number of amides is 1. The highest BCUT2D eigenvalue weighted by molar-refractivity contribution is 7.21. The number of nitriles is 1. The first-order valence-electron chi connectivity index (χ1n) is 13.1. The van der Waals surface area contributed by atoms with Crippen molar-refractivity contribution in [2.45, 2.75) is 45.3 Å². The predicted molar refractivity (Wildman–Crippen MR) is 149 cm³/mol. The standard InChI is InChI=1S/C27H33N7O4S/c1-27(2,3)38-26(35)34-9-5-6-18(16-34)29-22-21(24-30-19-14-17(15-28)7-8-20(19)39-24)23(36-4)32-25(31-22)33-10-12-37-13-11-33/h7-8,14,18H,5-6,9-13,16H2,1-4H3,(H,29,31,32). The van der Waals surface area contributed by atoms with Gasteiger partial charge in [-0.2, -0.15) is 15.2 Å². The third kappa shape index (κ3) is 6.15. The maximum atomic E-state index is 12.8. The lowest BCUT2D eigenvalue weighted by molar-refractivity contribution is 0.0206. The molecule has 4 heterocycles. The molecule has 1 N–H and O–H groups in total. The van der Waals surface area contributed by atoms with Gasteiger partial charge in [-0.3, -0.25) is 0 Å². The van der Waals surface area contributed by atoms with Crippen LogP contribution in [0.15, 0.2) is 18.2 Å². The maximum absolute atomic E-state index is 12.8. The Kier molecular flexibility index (Phi) is 7.72. The number of benzene rings is 1. The van der Waals surface area contributed by atoms with E-state index in [1.165, 1.54) is 11.3 Å². The number of hydrogen-bond acceptors (Lipinski definition) is 11. The molecule has 1 aromatic carbocycles. The lowest BCUT2D eigenvalue weighted by Gasteiger charge is -2.35. The van der Waals surface area contributed by atoms with Crippen LogP contribution < -0.4 is 15.0 Å². The summed E-state index contributed by atoms with van der Waals surface area (Å²) in [7, 11) is 1.59. The van der Waals surface area contributed by atoms with Crippen molar-refractivity contribution >= 4 is 39.4 Å².